The average Bonchev–Trinajstić information content (AvgIpc) is 2.16. The van der Waals surface area contributed by atoms with Crippen LogP contribution in [0.2, 0.25) is 0 Å². The van der Waals surface area contributed by atoms with E-state index in [-0.39, 0.29) is 5.60 Å². The predicted molar refractivity (Wildman–Crippen MR) is 63.5 cm³/mol. The molecule has 84 valence electrons. The maximum atomic E-state index is 5.80. The first-order valence-electron chi connectivity index (χ1n) is 5.19. The lowest BCUT2D eigenvalue weighted by Gasteiger charge is -2.24. The van der Waals surface area contributed by atoms with Crippen LogP contribution in [0.15, 0.2) is 12.1 Å². The summed E-state index contributed by atoms with van der Waals surface area (Å²) in [6.07, 6.45) is 0.943. The predicted octanol–water partition coefficient (Wildman–Crippen LogP) is 3.70. The van der Waals surface area contributed by atoms with Crippen molar-refractivity contribution in [3.63, 3.8) is 0 Å². The molecule has 0 bridgehead atoms. The summed E-state index contributed by atoms with van der Waals surface area (Å²) < 4.78 is 5.80. The summed E-state index contributed by atoms with van der Waals surface area (Å²) in [6, 6.07) is 3.87. The number of aryl methyl sites for hydroxylation is 1. The molecule has 0 saturated heterocycles. The molecule has 0 spiro atoms. The van der Waals surface area contributed by atoms with Gasteiger partial charge in [-0.15, -0.1) is 11.6 Å². The van der Waals surface area contributed by atoms with Crippen molar-refractivity contribution in [3.05, 3.63) is 23.4 Å². The number of rotatable bonds is 4. The van der Waals surface area contributed by atoms with Gasteiger partial charge in [0.1, 0.15) is 5.60 Å². The zero-order valence-corrected chi connectivity index (χ0v) is 10.6. The van der Waals surface area contributed by atoms with Crippen LogP contribution in [0.3, 0.4) is 0 Å². The molecule has 0 aliphatic carbocycles. The van der Waals surface area contributed by atoms with Gasteiger partial charge in [-0.1, -0.05) is 6.92 Å². The summed E-state index contributed by atoms with van der Waals surface area (Å²) in [4.78, 5) is 4.33. The van der Waals surface area contributed by atoms with Crippen LogP contribution in [-0.2, 0) is 5.88 Å². The maximum absolute atomic E-state index is 5.80. The Labute approximate surface area is 96.6 Å². The average molecular weight is 228 g/mol. The number of aromatic nitrogens is 1. The Bertz CT molecular complexity index is 336. The monoisotopic (exact) mass is 227 g/mol. The van der Waals surface area contributed by atoms with E-state index in [1.54, 1.807) is 0 Å². The molecular formula is C12H18ClNO. The number of hydrogen-bond donors (Lipinski definition) is 0. The first kappa shape index (κ1) is 12.3. The lowest BCUT2D eigenvalue weighted by atomic mass is 10.1. The van der Waals surface area contributed by atoms with Crippen LogP contribution in [0, 0.1) is 6.92 Å². The topological polar surface area (TPSA) is 22.1 Å². The Kier molecular flexibility index (Phi) is 3.97. The molecule has 0 saturated carbocycles. The molecule has 0 fully saturated rings. The highest BCUT2D eigenvalue weighted by atomic mass is 35.5. The molecule has 15 heavy (non-hydrogen) atoms. The van der Waals surface area contributed by atoms with Crippen molar-refractivity contribution in [1.29, 1.82) is 0 Å². The van der Waals surface area contributed by atoms with Gasteiger partial charge in [0, 0.05) is 17.6 Å². The standard InChI is InChI=1S/C12H18ClNO/c1-5-12(3,4)15-11-7-10(8-13)6-9(2)14-11/h6-7H,5,8H2,1-4H3. The Morgan fingerprint density at radius 3 is 2.60 bits per heavy atom. The Hall–Kier alpha value is -0.760. The van der Waals surface area contributed by atoms with Gasteiger partial charge in [0.25, 0.3) is 0 Å². The minimum atomic E-state index is -0.176. The third-order valence-electron chi connectivity index (χ3n) is 2.38. The summed E-state index contributed by atoms with van der Waals surface area (Å²) >= 11 is 5.79. The molecule has 0 aliphatic rings. The smallest absolute Gasteiger partial charge is 0.214 e. The summed E-state index contributed by atoms with van der Waals surface area (Å²) in [5, 5.41) is 0. The molecule has 0 amide bonds. The molecule has 1 aromatic rings. The van der Waals surface area contributed by atoms with Crippen molar-refractivity contribution in [1.82, 2.24) is 4.98 Å². The molecule has 0 unspecified atom stereocenters. The van der Waals surface area contributed by atoms with E-state index in [9.17, 15) is 0 Å². The van der Waals surface area contributed by atoms with E-state index in [2.05, 4.69) is 25.8 Å². The second-order valence-electron chi connectivity index (χ2n) is 4.30. The van der Waals surface area contributed by atoms with E-state index >= 15 is 0 Å². The van der Waals surface area contributed by atoms with Crippen molar-refractivity contribution in [2.75, 3.05) is 0 Å². The molecule has 3 heteroatoms. The van der Waals surface area contributed by atoms with Gasteiger partial charge in [-0.25, -0.2) is 4.98 Å². The van der Waals surface area contributed by atoms with Crippen LogP contribution in [0.1, 0.15) is 38.4 Å². The van der Waals surface area contributed by atoms with Gasteiger partial charge in [0.05, 0.1) is 0 Å². The molecular weight excluding hydrogens is 210 g/mol. The summed E-state index contributed by atoms with van der Waals surface area (Å²) in [5.41, 5.74) is 1.81. The number of hydrogen-bond acceptors (Lipinski definition) is 2. The number of nitrogens with zero attached hydrogens (tertiary/aromatic N) is 1. The fraction of sp³-hybridized carbons (Fsp3) is 0.583. The molecule has 1 rings (SSSR count). The number of alkyl halides is 1. The van der Waals surface area contributed by atoms with Crippen molar-refractivity contribution < 1.29 is 4.74 Å². The largest absolute Gasteiger partial charge is 0.472 e. The molecule has 0 aromatic carbocycles. The van der Waals surface area contributed by atoms with Crippen molar-refractivity contribution >= 4 is 11.6 Å². The van der Waals surface area contributed by atoms with E-state index in [1.807, 2.05) is 19.1 Å². The molecule has 1 aromatic heterocycles. The van der Waals surface area contributed by atoms with Gasteiger partial charge < -0.3 is 4.74 Å². The van der Waals surface area contributed by atoms with Crippen LogP contribution in [0.25, 0.3) is 0 Å². The second kappa shape index (κ2) is 4.84. The number of pyridine rings is 1. The van der Waals surface area contributed by atoms with Crippen LogP contribution < -0.4 is 4.74 Å². The van der Waals surface area contributed by atoms with E-state index in [1.165, 1.54) is 0 Å². The van der Waals surface area contributed by atoms with Crippen molar-refractivity contribution in [2.45, 2.75) is 45.6 Å². The fourth-order valence-electron chi connectivity index (χ4n) is 1.19. The zero-order chi connectivity index (χ0) is 11.5. The SMILES string of the molecule is CCC(C)(C)Oc1cc(CCl)cc(C)n1. The molecule has 2 nitrogen and oxygen atoms in total. The number of halogens is 1. The third kappa shape index (κ3) is 3.71. The quantitative estimate of drug-likeness (QED) is 0.732. The van der Waals surface area contributed by atoms with Crippen molar-refractivity contribution in [2.24, 2.45) is 0 Å². The summed E-state index contributed by atoms with van der Waals surface area (Å²) in [5.74, 6) is 1.16. The highest BCUT2D eigenvalue weighted by molar-refractivity contribution is 6.17. The Balaban J connectivity index is 2.90. The molecule has 0 atom stereocenters. The minimum Gasteiger partial charge on any atom is -0.472 e. The van der Waals surface area contributed by atoms with E-state index < -0.39 is 0 Å². The van der Waals surface area contributed by atoms with E-state index in [0.717, 1.165) is 17.7 Å². The van der Waals surface area contributed by atoms with Crippen LogP contribution in [0.4, 0.5) is 0 Å². The zero-order valence-electron chi connectivity index (χ0n) is 9.80. The Morgan fingerprint density at radius 2 is 2.07 bits per heavy atom. The number of ether oxygens (including phenoxy) is 1. The minimum absolute atomic E-state index is 0.176. The third-order valence-corrected chi connectivity index (χ3v) is 2.68. The highest BCUT2D eigenvalue weighted by Gasteiger charge is 2.17. The van der Waals surface area contributed by atoms with Crippen LogP contribution in [0.5, 0.6) is 5.88 Å². The fourth-order valence-corrected chi connectivity index (χ4v) is 1.35. The van der Waals surface area contributed by atoms with E-state index in [0.29, 0.717) is 11.8 Å². The van der Waals surface area contributed by atoms with Crippen LogP contribution >= 0.6 is 11.6 Å². The normalized spacial score (nSPS) is 11.5. The van der Waals surface area contributed by atoms with Gasteiger partial charge in [0.15, 0.2) is 0 Å². The van der Waals surface area contributed by atoms with Gasteiger partial charge in [-0.05, 0) is 38.8 Å². The van der Waals surface area contributed by atoms with Gasteiger partial charge in [-0.3, -0.25) is 0 Å². The first-order valence-corrected chi connectivity index (χ1v) is 5.73. The first-order chi connectivity index (χ1) is 6.96. The molecule has 1 heterocycles. The molecule has 0 N–H and O–H groups in total. The lowest BCUT2D eigenvalue weighted by Crippen LogP contribution is -2.27. The molecule has 0 radical (unpaired) electrons. The van der Waals surface area contributed by atoms with E-state index in [4.69, 9.17) is 16.3 Å². The second-order valence-corrected chi connectivity index (χ2v) is 4.57. The Morgan fingerprint density at radius 1 is 1.40 bits per heavy atom. The van der Waals surface area contributed by atoms with Gasteiger partial charge in [0.2, 0.25) is 5.88 Å². The maximum Gasteiger partial charge on any atom is 0.214 e. The highest BCUT2D eigenvalue weighted by Crippen LogP contribution is 2.21. The summed E-state index contributed by atoms with van der Waals surface area (Å²) in [6.45, 7) is 8.15. The lowest BCUT2D eigenvalue weighted by molar-refractivity contribution is 0.0987. The summed E-state index contributed by atoms with van der Waals surface area (Å²) in [7, 11) is 0. The van der Waals surface area contributed by atoms with Crippen LogP contribution in [-0.4, -0.2) is 10.6 Å². The molecule has 0 aliphatic heterocycles. The van der Waals surface area contributed by atoms with Gasteiger partial charge >= 0.3 is 0 Å². The van der Waals surface area contributed by atoms with Crippen molar-refractivity contribution in [3.8, 4) is 5.88 Å². The van der Waals surface area contributed by atoms with Gasteiger partial charge in [-0.2, -0.15) is 0 Å².